The Morgan fingerprint density at radius 1 is 0.917 bits per heavy atom. The fourth-order valence-electron chi connectivity index (χ4n) is 2.14. The summed E-state index contributed by atoms with van der Waals surface area (Å²) >= 11 is 0. The van der Waals surface area contributed by atoms with E-state index < -0.39 is 11.8 Å². The fourth-order valence-corrected chi connectivity index (χ4v) is 2.14. The predicted molar refractivity (Wildman–Crippen MR) is 90.3 cm³/mol. The average molecular weight is 328 g/mol. The Morgan fingerprint density at radius 2 is 1.58 bits per heavy atom. The lowest BCUT2D eigenvalue weighted by molar-refractivity contribution is 0.0844. The highest BCUT2D eigenvalue weighted by Crippen LogP contribution is 2.23. The van der Waals surface area contributed by atoms with Crippen molar-refractivity contribution in [3.63, 3.8) is 0 Å². The molecule has 2 aromatic carbocycles. The van der Waals surface area contributed by atoms with Crippen LogP contribution in [0.4, 0.5) is 0 Å². The van der Waals surface area contributed by atoms with Gasteiger partial charge in [0.1, 0.15) is 11.5 Å². The minimum absolute atomic E-state index is 0.262. The number of benzene rings is 2. The molecule has 2 rings (SSSR count). The van der Waals surface area contributed by atoms with Gasteiger partial charge in [-0.3, -0.25) is 20.4 Å². The largest absolute Gasteiger partial charge is 0.497 e. The molecule has 6 heteroatoms. The molecule has 2 aromatic rings. The summed E-state index contributed by atoms with van der Waals surface area (Å²) < 4.78 is 10.3. The summed E-state index contributed by atoms with van der Waals surface area (Å²) in [6, 6.07) is 12.0. The third kappa shape index (κ3) is 4.04. The maximum Gasteiger partial charge on any atom is 0.273 e. The first-order valence-electron chi connectivity index (χ1n) is 7.50. The lowest BCUT2D eigenvalue weighted by Gasteiger charge is -2.11. The van der Waals surface area contributed by atoms with Gasteiger partial charge < -0.3 is 9.47 Å². The zero-order valence-electron chi connectivity index (χ0n) is 13.9. The van der Waals surface area contributed by atoms with Crippen molar-refractivity contribution >= 4 is 11.8 Å². The van der Waals surface area contributed by atoms with E-state index in [4.69, 9.17) is 9.47 Å². The predicted octanol–water partition coefficient (Wildman–Crippen LogP) is 2.34. The third-order valence-electron chi connectivity index (χ3n) is 3.57. The number of nitrogens with one attached hydrogen (secondary N) is 2. The van der Waals surface area contributed by atoms with E-state index in [2.05, 4.69) is 10.9 Å². The lowest BCUT2D eigenvalue weighted by Crippen LogP contribution is -2.41. The Kier molecular flexibility index (Phi) is 5.78. The molecule has 2 amide bonds. The quantitative estimate of drug-likeness (QED) is 0.826. The number of hydrogen-bond acceptors (Lipinski definition) is 4. The topological polar surface area (TPSA) is 76.7 Å². The van der Waals surface area contributed by atoms with Gasteiger partial charge in [0.05, 0.1) is 19.8 Å². The average Bonchev–Trinajstić information content (AvgIpc) is 2.65. The van der Waals surface area contributed by atoms with Gasteiger partial charge in [0, 0.05) is 5.56 Å². The zero-order chi connectivity index (χ0) is 17.5. The van der Waals surface area contributed by atoms with Crippen molar-refractivity contribution in [2.24, 2.45) is 0 Å². The molecule has 0 atom stereocenters. The van der Waals surface area contributed by atoms with E-state index in [9.17, 15) is 9.59 Å². The molecule has 0 fully saturated rings. The normalized spacial score (nSPS) is 9.96. The van der Waals surface area contributed by atoms with Crippen molar-refractivity contribution in [3.05, 3.63) is 59.2 Å². The van der Waals surface area contributed by atoms with Crippen LogP contribution in [0.15, 0.2) is 42.5 Å². The van der Waals surface area contributed by atoms with Gasteiger partial charge in [0.15, 0.2) is 0 Å². The van der Waals surface area contributed by atoms with Crippen LogP contribution < -0.4 is 20.3 Å². The van der Waals surface area contributed by atoms with Crippen LogP contribution >= 0.6 is 0 Å². The molecule has 2 N–H and O–H groups in total. The minimum Gasteiger partial charge on any atom is -0.497 e. The van der Waals surface area contributed by atoms with Crippen molar-refractivity contribution in [1.82, 2.24) is 10.9 Å². The highest BCUT2D eigenvalue weighted by Gasteiger charge is 2.15. The number of methoxy groups -OCH3 is 2. The number of aryl methyl sites for hydroxylation is 1. The zero-order valence-corrected chi connectivity index (χ0v) is 13.9. The molecule has 0 aliphatic rings. The Bertz CT molecular complexity index is 726. The number of rotatable bonds is 5. The second-order valence-corrected chi connectivity index (χ2v) is 5.02. The number of hydrazine groups is 1. The minimum atomic E-state index is -0.496. The SMILES string of the molecule is CCc1ccc(C(=O)NNC(=O)c2cc(OC)ccc2OC)cc1. The van der Waals surface area contributed by atoms with Gasteiger partial charge in [-0.25, -0.2) is 0 Å². The first-order chi connectivity index (χ1) is 11.6. The van der Waals surface area contributed by atoms with Crippen LogP contribution in [0.5, 0.6) is 11.5 Å². The van der Waals surface area contributed by atoms with Crippen LogP contribution in [0.25, 0.3) is 0 Å². The fraction of sp³-hybridized carbons (Fsp3) is 0.222. The second kappa shape index (κ2) is 8.01. The highest BCUT2D eigenvalue weighted by atomic mass is 16.5. The molecule has 0 saturated heterocycles. The van der Waals surface area contributed by atoms with Crippen LogP contribution in [0.2, 0.25) is 0 Å². The van der Waals surface area contributed by atoms with Crippen molar-refractivity contribution in [3.8, 4) is 11.5 Å². The summed E-state index contributed by atoms with van der Waals surface area (Å²) in [7, 11) is 2.97. The first-order valence-corrected chi connectivity index (χ1v) is 7.50. The molecule has 0 aliphatic carbocycles. The van der Waals surface area contributed by atoms with E-state index in [0.29, 0.717) is 17.1 Å². The Balaban J connectivity index is 2.05. The standard InChI is InChI=1S/C18H20N2O4/c1-4-12-5-7-13(8-6-12)17(21)19-20-18(22)15-11-14(23-2)9-10-16(15)24-3/h5-11H,4H2,1-3H3,(H,19,21)(H,20,22). The number of hydrogen-bond donors (Lipinski definition) is 2. The van der Waals surface area contributed by atoms with Gasteiger partial charge in [-0.1, -0.05) is 19.1 Å². The maximum atomic E-state index is 12.3. The van der Waals surface area contributed by atoms with Gasteiger partial charge in [0.2, 0.25) is 0 Å². The van der Waals surface area contributed by atoms with Gasteiger partial charge >= 0.3 is 0 Å². The summed E-state index contributed by atoms with van der Waals surface area (Å²) in [6.07, 6.45) is 0.897. The molecule has 0 saturated carbocycles. The molecule has 24 heavy (non-hydrogen) atoms. The van der Waals surface area contributed by atoms with E-state index in [-0.39, 0.29) is 5.56 Å². The van der Waals surface area contributed by atoms with Crippen LogP contribution in [-0.4, -0.2) is 26.0 Å². The van der Waals surface area contributed by atoms with E-state index in [1.165, 1.54) is 20.3 Å². The highest BCUT2D eigenvalue weighted by molar-refractivity contribution is 6.00. The van der Waals surface area contributed by atoms with Crippen LogP contribution in [0.1, 0.15) is 33.2 Å². The summed E-state index contributed by atoms with van der Waals surface area (Å²) in [5.41, 5.74) is 6.63. The molecular weight excluding hydrogens is 308 g/mol. The monoisotopic (exact) mass is 328 g/mol. The van der Waals surface area contributed by atoms with Crippen LogP contribution in [0.3, 0.4) is 0 Å². The van der Waals surface area contributed by atoms with Crippen LogP contribution in [0, 0.1) is 0 Å². The van der Waals surface area contributed by atoms with E-state index in [1.54, 1.807) is 24.3 Å². The molecular formula is C18H20N2O4. The van der Waals surface area contributed by atoms with E-state index in [1.807, 2.05) is 19.1 Å². The van der Waals surface area contributed by atoms with Gasteiger partial charge in [-0.2, -0.15) is 0 Å². The third-order valence-corrected chi connectivity index (χ3v) is 3.57. The lowest BCUT2D eigenvalue weighted by atomic mass is 10.1. The molecule has 0 bridgehead atoms. The maximum absolute atomic E-state index is 12.3. The van der Waals surface area contributed by atoms with Gasteiger partial charge in [-0.05, 0) is 42.3 Å². The Labute approximate surface area is 140 Å². The molecule has 126 valence electrons. The molecule has 0 radical (unpaired) electrons. The molecule has 6 nitrogen and oxygen atoms in total. The second-order valence-electron chi connectivity index (χ2n) is 5.02. The molecule has 0 aliphatic heterocycles. The number of carbonyl (C=O) groups excluding carboxylic acids is 2. The summed E-state index contributed by atoms with van der Waals surface area (Å²) in [6.45, 7) is 2.04. The van der Waals surface area contributed by atoms with Crippen molar-refractivity contribution < 1.29 is 19.1 Å². The van der Waals surface area contributed by atoms with E-state index in [0.717, 1.165) is 12.0 Å². The summed E-state index contributed by atoms with van der Waals surface area (Å²) in [5.74, 6) is 0.00872. The summed E-state index contributed by atoms with van der Waals surface area (Å²) in [4.78, 5) is 24.3. The Morgan fingerprint density at radius 3 is 2.17 bits per heavy atom. The van der Waals surface area contributed by atoms with Gasteiger partial charge in [0.25, 0.3) is 11.8 Å². The number of amides is 2. The van der Waals surface area contributed by atoms with Crippen molar-refractivity contribution in [2.45, 2.75) is 13.3 Å². The molecule has 0 spiro atoms. The number of carbonyl (C=O) groups is 2. The molecule has 0 heterocycles. The number of ether oxygens (including phenoxy) is 2. The molecule has 0 unspecified atom stereocenters. The van der Waals surface area contributed by atoms with E-state index >= 15 is 0 Å². The Hall–Kier alpha value is -3.02. The first kappa shape index (κ1) is 17.3. The smallest absolute Gasteiger partial charge is 0.273 e. The summed E-state index contributed by atoms with van der Waals surface area (Å²) in [5, 5.41) is 0. The van der Waals surface area contributed by atoms with Crippen molar-refractivity contribution in [2.75, 3.05) is 14.2 Å². The van der Waals surface area contributed by atoms with Crippen LogP contribution in [-0.2, 0) is 6.42 Å². The van der Waals surface area contributed by atoms with Crippen molar-refractivity contribution in [1.29, 1.82) is 0 Å². The molecule has 0 aromatic heterocycles. The van der Waals surface area contributed by atoms with Gasteiger partial charge in [-0.15, -0.1) is 0 Å².